The van der Waals surface area contributed by atoms with Gasteiger partial charge < -0.3 is 5.32 Å². The zero-order chi connectivity index (χ0) is 21.4. The molecule has 1 aliphatic rings. The fourth-order valence-electron chi connectivity index (χ4n) is 3.58. The molecule has 2 aromatic carbocycles. The number of benzene rings is 2. The van der Waals surface area contributed by atoms with Gasteiger partial charge in [-0.3, -0.25) is 19.1 Å². The third kappa shape index (κ3) is 3.62. The molecule has 7 nitrogen and oxygen atoms in total. The maximum Gasteiger partial charge on any atom is 0.255 e. The summed E-state index contributed by atoms with van der Waals surface area (Å²) < 4.78 is 24.8. The van der Waals surface area contributed by atoms with Crippen LogP contribution in [0.1, 0.15) is 10.4 Å². The second-order valence-electron chi connectivity index (χ2n) is 7.20. The van der Waals surface area contributed by atoms with Crippen molar-refractivity contribution in [2.24, 2.45) is 0 Å². The molecular formula is C23H18N4O3S. The maximum absolute atomic E-state index is 12.7. The number of pyridine rings is 2. The van der Waals surface area contributed by atoms with Crippen LogP contribution in [0.3, 0.4) is 0 Å². The molecule has 1 saturated heterocycles. The molecule has 3 heterocycles. The first-order valence-electron chi connectivity index (χ1n) is 9.73. The number of nitrogens with zero attached hydrogens (tertiary/aromatic N) is 3. The Morgan fingerprint density at radius 3 is 2.52 bits per heavy atom. The Hall–Kier alpha value is -3.78. The number of anilines is 2. The number of sulfonamides is 1. The van der Waals surface area contributed by atoms with Crippen LogP contribution in [-0.2, 0) is 10.0 Å². The monoisotopic (exact) mass is 430 g/mol. The van der Waals surface area contributed by atoms with Crippen molar-refractivity contribution >= 4 is 38.2 Å². The first-order valence-corrected chi connectivity index (χ1v) is 11.3. The van der Waals surface area contributed by atoms with Crippen LogP contribution in [0, 0.1) is 0 Å². The first-order chi connectivity index (χ1) is 15.0. The fourth-order valence-corrected chi connectivity index (χ4v) is 4.69. The zero-order valence-corrected chi connectivity index (χ0v) is 17.2. The topological polar surface area (TPSA) is 92.3 Å². The van der Waals surface area contributed by atoms with Gasteiger partial charge in [-0.15, -0.1) is 0 Å². The average Bonchev–Trinajstić information content (AvgIpc) is 2.78. The summed E-state index contributed by atoms with van der Waals surface area (Å²) in [5.74, 6) is -0.115. The van der Waals surface area contributed by atoms with Gasteiger partial charge in [-0.05, 0) is 54.6 Å². The van der Waals surface area contributed by atoms with E-state index in [1.807, 2.05) is 42.5 Å². The molecule has 2 aromatic heterocycles. The van der Waals surface area contributed by atoms with E-state index in [1.54, 1.807) is 36.7 Å². The van der Waals surface area contributed by atoms with Gasteiger partial charge in [0.2, 0.25) is 10.0 Å². The second kappa shape index (κ2) is 7.48. The molecule has 0 saturated carbocycles. The zero-order valence-electron chi connectivity index (χ0n) is 16.4. The molecule has 154 valence electrons. The molecule has 1 N–H and O–H groups in total. The average molecular weight is 430 g/mol. The van der Waals surface area contributed by atoms with Crippen LogP contribution in [-0.4, -0.2) is 36.6 Å². The Bertz CT molecular complexity index is 1400. The Morgan fingerprint density at radius 2 is 1.77 bits per heavy atom. The summed E-state index contributed by atoms with van der Waals surface area (Å²) in [4.78, 5) is 21.6. The fraction of sp³-hybridized carbons (Fsp3) is 0.0870. The van der Waals surface area contributed by atoms with E-state index in [9.17, 15) is 13.2 Å². The molecule has 0 spiro atoms. The van der Waals surface area contributed by atoms with Crippen LogP contribution < -0.4 is 9.62 Å². The maximum atomic E-state index is 12.7. The van der Waals surface area contributed by atoms with Gasteiger partial charge in [0.25, 0.3) is 5.91 Å². The van der Waals surface area contributed by atoms with Gasteiger partial charge in [-0.2, -0.15) is 0 Å². The summed E-state index contributed by atoms with van der Waals surface area (Å²) in [7, 11) is -3.18. The molecule has 8 heteroatoms. The lowest BCUT2D eigenvalue weighted by atomic mass is 10.1. The van der Waals surface area contributed by atoms with Gasteiger partial charge in [0, 0.05) is 41.1 Å². The number of rotatable bonds is 4. The van der Waals surface area contributed by atoms with Crippen LogP contribution in [0.4, 0.5) is 11.4 Å². The van der Waals surface area contributed by atoms with Crippen molar-refractivity contribution in [3.05, 3.63) is 84.7 Å². The summed E-state index contributed by atoms with van der Waals surface area (Å²) in [5, 5.41) is 3.83. The van der Waals surface area contributed by atoms with Gasteiger partial charge >= 0.3 is 0 Å². The smallest absolute Gasteiger partial charge is 0.255 e. The van der Waals surface area contributed by atoms with E-state index in [-0.39, 0.29) is 11.7 Å². The van der Waals surface area contributed by atoms with Gasteiger partial charge in [0.15, 0.2) is 0 Å². The molecule has 31 heavy (non-hydrogen) atoms. The van der Waals surface area contributed by atoms with Crippen molar-refractivity contribution in [3.8, 4) is 11.3 Å². The molecule has 0 aliphatic carbocycles. The molecule has 1 amide bonds. The molecule has 1 fully saturated rings. The summed E-state index contributed by atoms with van der Waals surface area (Å²) in [6.07, 6.45) is 3.46. The minimum atomic E-state index is -3.18. The van der Waals surface area contributed by atoms with Crippen LogP contribution >= 0.6 is 0 Å². The largest absolute Gasteiger partial charge is 0.322 e. The van der Waals surface area contributed by atoms with Crippen LogP contribution in [0.5, 0.6) is 0 Å². The van der Waals surface area contributed by atoms with E-state index in [0.717, 1.165) is 22.2 Å². The molecule has 5 rings (SSSR count). The molecule has 0 atom stereocenters. The molecular weight excluding hydrogens is 412 g/mol. The summed E-state index contributed by atoms with van der Waals surface area (Å²) >= 11 is 0. The number of amides is 1. The number of carbonyl (C=O) groups excluding carboxylic acids is 1. The van der Waals surface area contributed by atoms with E-state index in [4.69, 9.17) is 0 Å². The van der Waals surface area contributed by atoms with Crippen LogP contribution in [0.2, 0.25) is 0 Å². The van der Waals surface area contributed by atoms with Gasteiger partial charge in [-0.1, -0.05) is 12.1 Å². The lowest BCUT2D eigenvalue weighted by molar-refractivity contribution is 0.102. The van der Waals surface area contributed by atoms with E-state index < -0.39 is 10.0 Å². The predicted molar refractivity (Wildman–Crippen MR) is 121 cm³/mol. The third-order valence-electron chi connectivity index (χ3n) is 5.23. The quantitative estimate of drug-likeness (QED) is 0.533. The van der Waals surface area contributed by atoms with Crippen molar-refractivity contribution in [1.29, 1.82) is 0 Å². The van der Waals surface area contributed by atoms with Crippen molar-refractivity contribution in [1.82, 2.24) is 9.97 Å². The summed E-state index contributed by atoms with van der Waals surface area (Å²) in [6.45, 7) is 0.471. The van der Waals surface area contributed by atoms with Crippen molar-refractivity contribution in [2.75, 3.05) is 21.9 Å². The highest BCUT2D eigenvalue weighted by Gasteiger charge is 2.32. The Kier molecular flexibility index (Phi) is 4.63. The number of carbonyl (C=O) groups is 1. The van der Waals surface area contributed by atoms with Gasteiger partial charge in [-0.25, -0.2) is 8.42 Å². The van der Waals surface area contributed by atoms with Crippen molar-refractivity contribution in [3.63, 3.8) is 0 Å². The first kappa shape index (κ1) is 19.2. The number of fused-ring (bicyclic) bond motifs is 1. The number of nitrogens with one attached hydrogen (secondary N) is 1. The van der Waals surface area contributed by atoms with E-state index in [0.29, 0.717) is 23.5 Å². The van der Waals surface area contributed by atoms with E-state index in [1.165, 1.54) is 4.31 Å². The molecule has 4 aromatic rings. The summed E-state index contributed by atoms with van der Waals surface area (Å²) in [5.41, 5.74) is 4.17. The lowest BCUT2D eigenvalue weighted by Gasteiger charge is -2.32. The SMILES string of the molecule is O=C(Nc1cccc(-c2nccc3ncccc23)c1)c1ccc(N2CCS2(=O)=O)cc1. The highest BCUT2D eigenvalue weighted by Crippen LogP contribution is 2.28. The van der Waals surface area contributed by atoms with Crippen molar-refractivity contribution in [2.45, 2.75) is 0 Å². The van der Waals surface area contributed by atoms with Gasteiger partial charge in [0.1, 0.15) is 0 Å². The Balaban J connectivity index is 1.38. The molecule has 0 radical (unpaired) electrons. The highest BCUT2D eigenvalue weighted by molar-refractivity contribution is 7.94. The Labute approximate surface area is 179 Å². The Morgan fingerprint density at radius 1 is 0.935 bits per heavy atom. The van der Waals surface area contributed by atoms with E-state index in [2.05, 4.69) is 15.3 Å². The highest BCUT2D eigenvalue weighted by atomic mass is 32.2. The molecule has 0 unspecified atom stereocenters. The van der Waals surface area contributed by atoms with Gasteiger partial charge in [0.05, 0.1) is 22.7 Å². The molecule has 0 bridgehead atoms. The number of aromatic nitrogens is 2. The molecule has 1 aliphatic heterocycles. The minimum absolute atomic E-state index is 0.160. The summed E-state index contributed by atoms with van der Waals surface area (Å²) in [6, 6.07) is 19.7. The number of hydrogen-bond acceptors (Lipinski definition) is 5. The lowest BCUT2D eigenvalue weighted by Crippen LogP contribution is -2.47. The van der Waals surface area contributed by atoms with E-state index >= 15 is 0 Å². The van der Waals surface area contributed by atoms with Crippen LogP contribution in [0.25, 0.3) is 22.2 Å². The second-order valence-corrected chi connectivity index (χ2v) is 9.21. The third-order valence-corrected chi connectivity index (χ3v) is 6.99. The van der Waals surface area contributed by atoms with Crippen LogP contribution in [0.15, 0.2) is 79.1 Å². The number of hydrogen-bond donors (Lipinski definition) is 1. The normalized spacial score (nSPS) is 14.8. The standard InChI is InChI=1S/C23H18N4O3S/c28-23(16-6-8-19(9-7-16)27-13-14-31(27,29)30)26-18-4-1-3-17(15-18)22-20-5-2-11-24-21(20)10-12-25-22/h1-12,15H,13-14H2,(H,26,28). The van der Waals surface area contributed by atoms with Crippen molar-refractivity contribution < 1.29 is 13.2 Å². The predicted octanol–water partition coefficient (Wildman–Crippen LogP) is 3.70. The minimum Gasteiger partial charge on any atom is -0.322 e.